The quantitative estimate of drug-likeness (QED) is 0.449. The van der Waals surface area contributed by atoms with E-state index in [0.29, 0.717) is 12.0 Å². The summed E-state index contributed by atoms with van der Waals surface area (Å²) in [6, 6.07) is 10.2. The lowest BCUT2D eigenvalue weighted by Crippen LogP contribution is -2.42. The van der Waals surface area contributed by atoms with Crippen LogP contribution >= 0.6 is 24.0 Å². The van der Waals surface area contributed by atoms with Gasteiger partial charge in [-0.15, -0.1) is 24.0 Å². The molecular formula is C18H24IN3O. The molecule has 0 radical (unpaired) electrons. The summed E-state index contributed by atoms with van der Waals surface area (Å²) in [7, 11) is 1.87. The Labute approximate surface area is 154 Å². The Hall–Kier alpha value is -1.24. The van der Waals surface area contributed by atoms with Crippen molar-refractivity contribution in [1.82, 2.24) is 10.2 Å². The Bertz CT molecular complexity index is 672. The second kappa shape index (κ2) is 6.71. The number of aliphatic imine (C=N–C) groups is 1. The molecule has 2 aliphatic rings. The highest BCUT2D eigenvalue weighted by atomic mass is 127. The fourth-order valence-corrected chi connectivity index (χ4v) is 3.82. The van der Waals surface area contributed by atoms with Crippen molar-refractivity contribution in [3.63, 3.8) is 0 Å². The van der Waals surface area contributed by atoms with Crippen molar-refractivity contribution in [1.29, 1.82) is 0 Å². The van der Waals surface area contributed by atoms with Gasteiger partial charge in [-0.25, -0.2) is 0 Å². The minimum Gasteiger partial charge on any atom is -0.459 e. The summed E-state index contributed by atoms with van der Waals surface area (Å²) in [5, 5.41) is 4.61. The van der Waals surface area contributed by atoms with E-state index in [-0.39, 0.29) is 24.0 Å². The molecule has 23 heavy (non-hydrogen) atoms. The number of furan rings is 1. The van der Waals surface area contributed by atoms with Gasteiger partial charge in [-0.2, -0.15) is 0 Å². The van der Waals surface area contributed by atoms with Crippen molar-refractivity contribution in [2.45, 2.75) is 32.2 Å². The van der Waals surface area contributed by atoms with Crippen molar-refractivity contribution in [2.75, 3.05) is 20.1 Å². The number of nitrogens with one attached hydrogen (secondary N) is 1. The van der Waals surface area contributed by atoms with Crippen LogP contribution in [0.2, 0.25) is 0 Å². The molecule has 1 aliphatic heterocycles. The van der Waals surface area contributed by atoms with Crippen molar-refractivity contribution in [3.05, 3.63) is 36.1 Å². The van der Waals surface area contributed by atoms with E-state index in [1.165, 1.54) is 25.7 Å². The minimum absolute atomic E-state index is 0. The van der Waals surface area contributed by atoms with Crippen LogP contribution in [0.25, 0.3) is 11.0 Å². The normalized spacial score (nSPS) is 19.7. The number of nitrogens with zero attached hydrogens (tertiary/aromatic N) is 2. The van der Waals surface area contributed by atoms with E-state index in [2.05, 4.69) is 27.3 Å². The van der Waals surface area contributed by atoms with Crippen LogP contribution in [0.1, 0.15) is 31.4 Å². The Balaban J connectivity index is 0.00000156. The number of benzene rings is 1. The van der Waals surface area contributed by atoms with Crippen LogP contribution < -0.4 is 5.32 Å². The van der Waals surface area contributed by atoms with Crippen LogP contribution in [-0.4, -0.2) is 31.0 Å². The number of hydrogen-bond donors (Lipinski definition) is 1. The predicted octanol–water partition coefficient (Wildman–Crippen LogP) is 4.00. The van der Waals surface area contributed by atoms with Crippen LogP contribution in [0.3, 0.4) is 0 Å². The molecule has 2 fully saturated rings. The van der Waals surface area contributed by atoms with Gasteiger partial charge in [-0.3, -0.25) is 4.99 Å². The van der Waals surface area contributed by atoms with Gasteiger partial charge in [-0.05, 0) is 36.8 Å². The van der Waals surface area contributed by atoms with Crippen LogP contribution in [-0.2, 0) is 6.54 Å². The second-order valence-electron chi connectivity index (χ2n) is 6.68. The summed E-state index contributed by atoms with van der Waals surface area (Å²) in [6.45, 7) is 2.97. The highest BCUT2D eigenvalue weighted by molar-refractivity contribution is 14.0. The molecule has 5 heteroatoms. The van der Waals surface area contributed by atoms with Crippen LogP contribution in [0, 0.1) is 5.41 Å². The fourth-order valence-electron chi connectivity index (χ4n) is 3.82. The Kier molecular flexibility index (Phi) is 4.85. The van der Waals surface area contributed by atoms with Crippen LogP contribution in [0.15, 0.2) is 39.7 Å². The van der Waals surface area contributed by atoms with Gasteiger partial charge in [-0.1, -0.05) is 24.6 Å². The molecular weight excluding hydrogens is 401 g/mol. The summed E-state index contributed by atoms with van der Waals surface area (Å²) >= 11 is 0. The molecule has 1 spiro atoms. The number of halogens is 1. The standard InChI is InChI=1S/C18H23N3O.HI/c1-19-17(21-10-9-18(13-21)7-4-8-18)20-12-15-11-14-5-2-3-6-16(14)22-15;/h2-3,5-6,11H,4,7-10,12-13H2,1H3,(H,19,20);1H. The average Bonchev–Trinajstić information content (AvgIpc) is 3.11. The molecule has 0 amide bonds. The van der Waals surface area contributed by atoms with Crippen LogP contribution in [0.4, 0.5) is 0 Å². The molecule has 4 rings (SSSR count). The molecule has 1 saturated carbocycles. The molecule has 1 aliphatic carbocycles. The Morgan fingerprint density at radius 2 is 2.13 bits per heavy atom. The van der Waals surface area contributed by atoms with E-state index < -0.39 is 0 Å². The zero-order valence-corrected chi connectivity index (χ0v) is 15.9. The van der Waals surface area contributed by atoms with Crippen molar-refractivity contribution in [3.8, 4) is 0 Å². The van der Waals surface area contributed by atoms with Gasteiger partial charge >= 0.3 is 0 Å². The van der Waals surface area contributed by atoms with Gasteiger partial charge in [0.05, 0.1) is 6.54 Å². The smallest absolute Gasteiger partial charge is 0.194 e. The lowest BCUT2D eigenvalue weighted by Gasteiger charge is -2.38. The van der Waals surface area contributed by atoms with E-state index in [4.69, 9.17) is 4.42 Å². The van der Waals surface area contributed by atoms with Crippen molar-refractivity contribution < 1.29 is 4.42 Å². The zero-order valence-electron chi connectivity index (χ0n) is 13.5. The number of hydrogen-bond acceptors (Lipinski definition) is 2. The summed E-state index contributed by atoms with van der Waals surface area (Å²) in [4.78, 5) is 6.86. The largest absolute Gasteiger partial charge is 0.459 e. The summed E-state index contributed by atoms with van der Waals surface area (Å²) in [5.41, 5.74) is 1.54. The third kappa shape index (κ3) is 3.20. The molecule has 0 bridgehead atoms. The molecule has 0 unspecified atom stereocenters. The molecule has 2 aromatic rings. The third-order valence-electron chi connectivity index (χ3n) is 5.26. The number of guanidine groups is 1. The minimum atomic E-state index is 0. The lowest BCUT2D eigenvalue weighted by atomic mass is 9.68. The van der Waals surface area contributed by atoms with Gasteiger partial charge in [0, 0.05) is 25.5 Å². The van der Waals surface area contributed by atoms with Gasteiger partial charge in [0.2, 0.25) is 0 Å². The maximum Gasteiger partial charge on any atom is 0.194 e. The third-order valence-corrected chi connectivity index (χ3v) is 5.26. The summed E-state index contributed by atoms with van der Waals surface area (Å²) in [5.74, 6) is 1.96. The fraction of sp³-hybridized carbons (Fsp3) is 0.500. The zero-order chi connectivity index (χ0) is 15.0. The van der Waals surface area contributed by atoms with Gasteiger partial charge < -0.3 is 14.6 Å². The molecule has 1 saturated heterocycles. The van der Waals surface area contributed by atoms with Gasteiger partial charge in [0.1, 0.15) is 11.3 Å². The first-order valence-corrected chi connectivity index (χ1v) is 8.21. The SMILES string of the molecule is CN=C(NCc1cc2ccccc2o1)N1CCC2(CCC2)C1.I. The molecule has 4 nitrogen and oxygen atoms in total. The molecule has 1 aromatic carbocycles. The first-order chi connectivity index (χ1) is 10.8. The number of rotatable bonds is 2. The van der Waals surface area contributed by atoms with E-state index in [1.54, 1.807) is 0 Å². The first-order valence-electron chi connectivity index (χ1n) is 8.21. The highest BCUT2D eigenvalue weighted by Gasteiger charge is 2.43. The number of para-hydroxylation sites is 1. The second-order valence-corrected chi connectivity index (χ2v) is 6.68. The average molecular weight is 425 g/mol. The molecule has 0 atom stereocenters. The number of likely N-dealkylation sites (tertiary alicyclic amines) is 1. The maximum absolute atomic E-state index is 5.86. The monoisotopic (exact) mass is 425 g/mol. The van der Waals surface area contributed by atoms with Crippen LogP contribution in [0.5, 0.6) is 0 Å². The summed E-state index contributed by atoms with van der Waals surface area (Å²) < 4.78 is 5.86. The van der Waals surface area contributed by atoms with Crippen molar-refractivity contribution >= 4 is 40.9 Å². The molecule has 1 N–H and O–H groups in total. The Morgan fingerprint density at radius 3 is 2.78 bits per heavy atom. The van der Waals surface area contributed by atoms with E-state index in [1.807, 2.05) is 25.2 Å². The topological polar surface area (TPSA) is 40.8 Å². The first kappa shape index (κ1) is 16.6. The van der Waals surface area contributed by atoms with Gasteiger partial charge in [0.15, 0.2) is 5.96 Å². The number of fused-ring (bicyclic) bond motifs is 1. The van der Waals surface area contributed by atoms with Crippen molar-refractivity contribution in [2.24, 2.45) is 10.4 Å². The predicted molar refractivity (Wildman–Crippen MR) is 104 cm³/mol. The molecule has 124 valence electrons. The molecule has 2 heterocycles. The van der Waals surface area contributed by atoms with Gasteiger partial charge in [0.25, 0.3) is 0 Å². The highest BCUT2D eigenvalue weighted by Crippen LogP contribution is 2.47. The maximum atomic E-state index is 5.86. The van der Waals surface area contributed by atoms with E-state index in [9.17, 15) is 0 Å². The van der Waals surface area contributed by atoms with E-state index in [0.717, 1.165) is 35.8 Å². The lowest BCUT2D eigenvalue weighted by molar-refractivity contribution is 0.151. The molecule has 1 aromatic heterocycles. The van der Waals surface area contributed by atoms with E-state index >= 15 is 0 Å². The summed E-state index contributed by atoms with van der Waals surface area (Å²) in [6.07, 6.45) is 5.51. The Morgan fingerprint density at radius 1 is 1.30 bits per heavy atom.